The minimum Gasteiger partial charge on any atom is -0.496 e. The number of rotatable bonds is 10. The van der Waals surface area contributed by atoms with Crippen LogP contribution in [0.2, 0.25) is 0 Å². The van der Waals surface area contributed by atoms with Crippen LogP contribution >= 0.6 is 0 Å². The van der Waals surface area contributed by atoms with Gasteiger partial charge in [-0.05, 0) is 79.0 Å². The summed E-state index contributed by atoms with van der Waals surface area (Å²) in [7, 11) is 3.15. The highest BCUT2D eigenvalue weighted by atomic mass is 19.1. The zero-order valence-corrected chi connectivity index (χ0v) is 21.4. The number of hydrogen-bond donors (Lipinski definition) is 3. The molecule has 4 rings (SSSR count). The smallest absolute Gasteiger partial charge is 0.255 e. The fourth-order valence-corrected chi connectivity index (χ4v) is 5.12. The number of aliphatic hydroxyl groups excluding tert-OH is 1. The van der Waals surface area contributed by atoms with Gasteiger partial charge in [-0.3, -0.25) is 9.59 Å². The first-order chi connectivity index (χ1) is 17.9. The number of aliphatic hydroxyl groups is 1. The Balaban J connectivity index is 1.56. The van der Waals surface area contributed by atoms with Crippen molar-refractivity contribution in [3.63, 3.8) is 0 Å². The first-order valence-corrected chi connectivity index (χ1v) is 12.8. The largest absolute Gasteiger partial charge is 0.496 e. The van der Waals surface area contributed by atoms with Crippen LogP contribution in [0.1, 0.15) is 62.2 Å². The predicted octanol–water partition coefficient (Wildman–Crippen LogP) is 2.56. The quantitative estimate of drug-likeness (QED) is 0.421. The third-order valence-corrected chi connectivity index (χ3v) is 7.02. The van der Waals surface area contributed by atoms with E-state index in [0.717, 1.165) is 36.0 Å². The van der Waals surface area contributed by atoms with Crippen LogP contribution in [0, 0.1) is 5.82 Å². The molecule has 2 aliphatic rings. The zero-order valence-electron chi connectivity index (χ0n) is 21.4. The minimum atomic E-state index is -0.767. The number of fused-ring (bicyclic) bond motifs is 1. The van der Waals surface area contributed by atoms with E-state index in [4.69, 9.17) is 14.2 Å². The molecule has 2 aromatic carbocycles. The Hall–Kier alpha value is -3.01. The van der Waals surface area contributed by atoms with E-state index in [1.165, 1.54) is 12.1 Å². The zero-order chi connectivity index (χ0) is 26.4. The van der Waals surface area contributed by atoms with Gasteiger partial charge in [-0.15, -0.1) is 0 Å². The lowest BCUT2D eigenvalue weighted by molar-refractivity contribution is -0.0261. The lowest BCUT2D eigenvalue weighted by Crippen LogP contribution is -2.48. The number of nitrogens with one attached hydrogen (secondary N) is 2. The fourth-order valence-electron chi connectivity index (χ4n) is 5.12. The summed E-state index contributed by atoms with van der Waals surface area (Å²) in [6, 6.07) is 6.05. The van der Waals surface area contributed by atoms with Crippen molar-refractivity contribution in [3.05, 3.63) is 63.5 Å². The third kappa shape index (κ3) is 6.29. The van der Waals surface area contributed by atoms with Gasteiger partial charge in [0.2, 0.25) is 0 Å². The number of halogens is 1. The Morgan fingerprint density at radius 1 is 1.14 bits per heavy atom. The topological polar surface area (TPSA) is 106 Å². The van der Waals surface area contributed by atoms with Gasteiger partial charge in [-0.1, -0.05) is 6.07 Å². The summed E-state index contributed by atoms with van der Waals surface area (Å²) in [6.07, 6.45) is 3.41. The summed E-state index contributed by atoms with van der Waals surface area (Å²) < 4.78 is 30.8. The number of methoxy groups -OCH3 is 2. The number of ether oxygens (including phenoxy) is 3. The predicted molar refractivity (Wildman–Crippen MR) is 136 cm³/mol. The Kier molecular flexibility index (Phi) is 9.13. The third-order valence-electron chi connectivity index (χ3n) is 7.02. The van der Waals surface area contributed by atoms with Crippen molar-refractivity contribution in [2.45, 2.75) is 50.7 Å². The van der Waals surface area contributed by atoms with Crippen molar-refractivity contribution >= 4 is 11.8 Å². The molecule has 2 atom stereocenters. The molecule has 9 heteroatoms. The molecule has 0 saturated carbocycles. The maximum absolute atomic E-state index is 14.9. The van der Waals surface area contributed by atoms with Gasteiger partial charge >= 0.3 is 0 Å². The normalized spacial score (nSPS) is 18.8. The summed E-state index contributed by atoms with van der Waals surface area (Å²) >= 11 is 0. The Morgan fingerprint density at radius 2 is 1.95 bits per heavy atom. The molecule has 0 aromatic heterocycles. The molecule has 0 radical (unpaired) electrons. The first-order valence-electron chi connectivity index (χ1n) is 12.8. The van der Waals surface area contributed by atoms with Crippen LogP contribution in [0.3, 0.4) is 0 Å². The van der Waals surface area contributed by atoms with Gasteiger partial charge in [0.15, 0.2) is 0 Å². The summed E-state index contributed by atoms with van der Waals surface area (Å²) in [5, 5.41) is 15.9. The molecule has 0 spiro atoms. The van der Waals surface area contributed by atoms with Crippen molar-refractivity contribution in [2.24, 2.45) is 0 Å². The highest BCUT2D eigenvalue weighted by Gasteiger charge is 2.30. The van der Waals surface area contributed by atoms with E-state index in [0.29, 0.717) is 55.9 Å². The molecule has 0 bridgehead atoms. The number of hydrogen-bond acceptors (Lipinski definition) is 6. The van der Waals surface area contributed by atoms with E-state index in [1.54, 1.807) is 20.3 Å². The highest BCUT2D eigenvalue weighted by molar-refractivity contribution is 5.98. The second-order valence-electron chi connectivity index (χ2n) is 9.53. The Morgan fingerprint density at radius 3 is 2.68 bits per heavy atom. The lowest BCUT2D eigenvalue weighted by atomic mass is 9.92. The number of benzene rings is 2. The van der Waals surface area contributed by atoms with Crippen LogP contribution < -0.4 is 15.4 Å². The van der Waals surface area contributed by atoms with Crippen LogP contribution in [0.25, 0.3) is 0 Å². The average molecular weight is 515 g/mol. The maximum atomic E-state index is 14.9. The highest BCUT2D eigenvalue weighted by Crippen LogP contribution is 2.37. The minimum absolute atomic E-state index is 0.00351. The Bertz CT molecular complexity index is 1140. The van der Waals surface area contributed by atoms with Crippen molar-refractivity contribution in [2.75, 3.05) is 40.6 Å². The van der Waals surface area contributed by atoms with E-state index in [9.17, 15) is 19.1 Å². The molecular weight excluding hydrogens is 479 g/mol. The van der Waals surface area contributed by atoms with E-state index in [2.05, 4.69) is 10.6 Å². The summed E-state index contributed by atoms with van der Waals surface area (Å²) in [5.41, 5.74) is 4.17. The van der Waals surface area contributed by atoms with E-state index < -0.39 is 23.9 Å². The molecule has 2 aromatic rings. The average Bonchev–Trinajstić information content (AvgIpc) is 3.38. The molecule has 3 N–H and O–H groups in total. The van der Waals surface area contributed by atoms with E-state index in [1.807, 2.05) is 6.07 Å². The van der Waals surface area contributed by atoms with Crippen molar-refractivity contribution in [1.29, 1.82) is 0 Å². The molecule has 200 valence electrons. The molecule has 1 heterocycles. The van der Waals surface area contributed by atoms with Crippen molar-refractivity contribution < 1.29 is 33.3 Å². The standard InChI is InChI=1S/C28H35FN2O6/c1-35-11-4-10-30-27(33)21-8-7-17(14-23(21)29)13-18-15-22(26(36-2)20-6-3-5-19(18)20)28(34)31-24-9-12-37-16-25(24)32/h7-8,14-15,24-25,32H,3-6,9-13,16H2,1-2H3,(H,30,33)(H,31,34)/t24-,25-/m0/s1. The van der Waals surface area contributed by atoms with E-state index in [-0.39, 0.29) is 18.1 Å². The molecule has 1 saturated heterocycles. The van der Waals surface area contributed by atoms with Crippen molar-refractivity contribution in [1.82, 2.24) is 10.6 Å². The van der Waals surface area contributed by atoms with Gasteiger partial charge in [0.05, 0.1) is 37.0 Å². The van der Waals surface area contributed by atoms with Crippen molar-refractivity contribution in [3.8, 4) is 5.75 Å². The van der Waals surface area contributed by atoms with Gasteiger partial charge in [0.25, 0.3) is 11.8 Å². The molecular formula is C28H35FN2O6. The second kappa shape index (κ2) is 12.5. The van der Waals surface area contributed by atoms with Crippen LogP contribution in [-0.4, -0.2) is 69.7 Å². The number of carbonyl (C=O) groups is 2. The van der Waals surface area contributed by atoms with Crippen LogP contribution in [0.15, 0.2) is 24.3 Å². The molecule has 1 fully saturated rings. The monoisotopic (exact) mass is 514 g/mol. The summed E-state index contributed by atoms with van der Waals surface area (Å²) in [5.74, 6) is -0.800. The van der Waals surface area contributed by atoms with E-state index >= 15 is 0 Å². The Labute approximate surface area is 216 Å². The molecule has 0 unspecified atom stereocenters. The van der Waals surface area contributed by atoms with Gasteiger partial charge in [0, 0.05) is 26.9 Å². The molecule has 37 heavy (non-hydrogen) atoms. The van der Waals surface area contributed by atoms with Gasteiger partial charge in [-0.2, -0.15) is 0 Å². The molecule has 2 amide bonds. The number of amides is 2. The molecule has 1 aliphatic carbocycles. The fraction of sp³-hybridized carbons (Fsp3) is 0.500. The first kappa shape index (κ1) is 27.0. The second-order valence-corrected chi connectivity index (χ2v) is 9.53. The lowest BCUT2D eigenvalue weighted by Gasteiger charge is -2.29. The maximum Gasteiger partial charge on any atom is 0.255 e. The van der Waals surface area contributed by atoms with Gasteiger partial charge in [0.1, 0.15) is 11.6 Å². The van der Waals surface area contributed by atoms with Gasteiger partial charge < -0.3 is 30.0 Å². The molecule has 1 aliphatic heterocycles. The SMILES string of the molecule is COCCCNC(=O)c1ccc(Cc2cc(C(=O)N[C@H]3CCOC[C@@H]3O)c(OC)c3c2CCC3)cc1F. The molecule has 8 nitrogen and oxygen atoms in total. The summed E-state index contributed by atoms with van der Waals surface area (Å²) in [6.45, 7) is 1.58. The summed E-state index contributed by atoms with van der Waals surface area (Å²) in [4.78, 5) is 25.6. The van der Waals surface area contributed by atoms with Gasteiger partial charge in [-0.25, -0.2) is 4.39 Å². The number of carbonyl (C=O) groups excluding carboxylic acids is 2. The van der Waals surface area contributed by atoms with Crippen LogP contribution in [-0.2, 0) is 28.7 Å². The van der Waals surface area contributed by atoms with Crippen LogP contribution in [0.5, 0.6) is 5.75 Å². The van der Waals surface area contributed by atoms with Crippen LogP contribution in [0.4, 0.5) is 4.39 Å².